The molecule has 1 spiro atoms. The van der Waals surface area contributed by atoms with Crippen LogP contribution in [0.15, 0.2) is 30.3 Å². The monoisotopic (exact) mass is 515 g/mol. The SMILES string of the molecule is CCCCCNC(=O)C1N(CCCCCO)C(=O)[C@@H]2[C@H](C(=O)NCc3ccccc3)[C@@H]3CC(C)C12S3. The van der Waals surface area contributed by atoms with Gasteiger partial charge in [-0.15, -0.1) is 11.8 Å². The predicted molar refractivity (Wildman–Crippen MR) is 142 cm³/mol. The van der Waals surface area contributed by atoms with Crippen molar-refractivity contribution in [3.05, 3.63) is 35.9 Å². The lowest BCUT2D eigenvalue weighted by Gasteiger charge is -2.38. The molecule has 1 aromatic carbocycles. The molecule has 36 heavy (non-hydrogen) atoms. The van der Waals surface area contributed by atoms with Crippen molar-refractivity contribution < 1.29 is 19.5 Å². The molecule has 0 aromatic heterocycles. The number of amides is 3. The number of unbranched alkanes of at least 4 members (excludes halogenated alkanes) is 4. The van der Waals surface area contributed by atoms with Crippen molar-refractivity contribution in [2.45, 2.75) is 81.4 Å². The first-order valence-electron chi connectivity index (χ1n) is 13.6. The maximum absolute atomic E-state index is 14.0. The van der Waals surface area contributed by atoms with E-state index in [1.165, 1.54) is 0 Å². The number of hydrogen-bond donors (Lipinski definition) is 3. The minimum absolute atomic E-state index is 0.0471. The molecule has 0 radical (unpaired) electrons. The van der Waals surface area contributed by atoms with E-state index in [0.29, 0.717) is 26.1 Å². The summed E-state index contributed by atoms with van der Waals surface area (Å²) in [5.41, 5.74) is 1.03. The quantitative estimate of drug-likeness (QED) is 0.351. The number of aliphatic hydroxyl groups is 1. The van der Waals surface area contributed by atoms with Crippen LogP contribution in [0.2, 0.25) is 0 Å². The summed E-state index contributed by atoms with van der Waals surface area (Å²) in [6.07, 6.45) is 6.12. The Kier molecular flexibility index (Phi) is 8.99. The van der Waals surface area contributed by atoms with Crippen LogP contribution in [0.4, 0.5) is 0 Å². The second-order valence-corrected chi connectivity index (χ2v) is 12.1. The van der Waals surface area contributed by atoms with Crippen molar-refractivity contribution in [3.63, 3.8) is 0 Å². The van der Waals surface area contributed by atoms with Crippen molar-refractivity contribution in [2.24, 2.45) is 17.8 Å². The molecule has 0 saturated carbocycles. The van der Waals surface area contributed by atoms with E-state index in [-0.39, 0.29) is 35.5 Å². The van der Waals surface area contributed by atoms with E-state index in [9.17, 15) is 19.5 Å². The summed E-state index contributed by atoms with van der Waals surface area (Å²) in [6.45, 7) is 5.94. The zero-order chi connectivity index (χ0) is 25.7. The number of nitrogens with zero attached hydrogens (tertiary/aromatic N) is 1. The number of hydrogen-bond acceptors (Lipinski definition) is 5. The van der Waals surface area contributed by atoms with Gasteiger partial charge in [0, 0.05) is 31.5 Å². The lowest BCUT2D eigenvalue weighted by Crippen LogP contribution is -2.56. The molecular formula is C28H41N3O4S. The molecule has 7 nitrogen and oxygen atoms in total. The van der Waals surface area contributed by atoms with Crippen LogP contribution < -0.4 is 10.6 Å². The average molecular weight is 516 g/mol. The summed E-state index contributed by atoms with van der Waals surface area (Å²) in [7, 11) is 0. The molecule has 2 bridgehead atoms. The highest BCUT2D eigenvalue weighted by atomic mass is 32.2. The van der Waals surface area contributed by atoms with E-state index in [1.54, 1.807) is 16.7 Å². The number of carbonyl (C=O) groups excluding carboxylic acids is 3. The third-order valence-electron chi connectivity index (χ3n) is 8.24. The Morgan fingerprint density at radius 3 is 2.58 bits per heavy atom. The number of thioether (sulfide) groups is 1. The van der Waals surface area contributed by atoms with Crippen LogP contribution in [0.3, 0.4) is 0 Å². The van der Waals surface area contributed by atoms with Gasteiger partial charge >= 0.3 is 0 Å². The van der Waals surface area contributed by atoms with Gasteiger partial charge in [0.15, 0.2) is 0 Å². The molecule has 3 heterocycles. The van der Waals surface area contributed by atoms with Crippen molar-refractivity contribution in [1.82, 2.24) is 15.5 Å². The lowest BCUT2D eigenvalue weighted by molar-refractivity contribution is -0.140. The molecule has 8 heteroatoms. The largest absolute Gasteiger partial charge is 0.396 e. The first-order valence-corrected chi connectivity index (χ1v) is 14.5. The summed E-state index contributed by atoms with van der Waals surface area (Å²) >= 11 is 1.72. The Morgan fingerprint density at radius 1 is 1.08 bits per heavy atom. The van der Waals surface area contributed by atoms with Gasteiger partial charge in [0.25, 0.3) is 0 Å². The highest BCUT2D eigenvalue weighted by Crippen LogP contribution is 2.68. The first-order chi connectivity index (χ1) is 17.5. The van der Waals surface area contributed by atoms with E-state index in [2.05, 4.69) is 24.5 Å². The number of likely N-dealkylation sites (tertiary alicyclic amines) is 1. The van der Waals surface area contributed by atoms with Gasteiger partial charge in [-0.25, -0.2) is 0 Å². The van der Waals surface area contributed by atoms with E-state index >= 15 is 0 Å². The Labute approximate surface area is 219 Å². The minimum Gasteiger partial charge on any atom is -0.396 e. The highest BCUT2D eigenvalue weighted by molar-refractivity contribution is 8.02. The fourth-order valence-electron chi connectivity index (χ4n) is 6.52. The van der Waals surface area contributed by atoms with E-state index in [4.69, 9.17) is 0 Å². The van der Waals surface area contributed by atoms with Crippen molar-refractivity contribution in [2.75, 3.05) is 19.7 Å². The Balaban J connectivity index is 1.56. The van der Waals surface area contributed by atoms with Crippen LogP contribution in [0.25, 0.3) is 0 Å². The number of aliphatic hydroxyl groups excluding tert-OH is 1. The van der Waals surface area contributed by atoms with E-state index in [0.717, 1.165) is 44.1 Å². The molecule has 3 fully saturated rings. The maximum atomic E-state index is 14.0. The maximum Gasteiger partial charge on any atom is 0.244 e. The minimum atomic E-state index is -0.567. The van der Waals surface area contributed by atoms with Gasteiger partial charge in [0.05, 0.1) is 16.6 Å². The van der Waals surface area contributed by atoms with E-state index in [1.807, 2.05) is 30.3 Å². The Bertz CT molecular complexity index is 929. The second kappa shape index (κ2) is 12.0. The number of nitrogens with one attached hydrogen (secondary N) is 2. The van der Waals surface area contributed by atoms with Gasteiger partial charge in [-0.05, 0) is 43.6 Å². The van der Waals surface area contributed by atoms with Crippen molar-refractivity contribution in [1.29, 1.82) is 0 Å². The number of rotatable bonds is 13. The molecule has 3 aliphatic heterocycles. The summed E-state index contributed by atoms with van der Waals surface area (Å²) in [5, 5.41) is 15.4. The van der Waals surface area contributed by atoms with Crippen LogP contribution in [0, 0.1) is 17.8 Å². The molecule has 3 N–H and O–H groups in total. The first kappa shape index (κ1) is 27.0. The van der Waals surface area contributed by atoms with Gasteiger partial charge in [0.1, 0.15) is 6.04 Å². The van der Waals surface area contributed by atoms with Gasteiger partial charge in [-0.3, -0.25) is 14.4 Å². The standard InChI is InChI=1S/C28H41N3O4S/c1-3-4-9-14-29-26(34)24-28-19(2)17-21(36-28)22(25(33)30-18-20-12-7-5-8-13-20)23(28)27(35)31(24)15-10-6-11-16-32/h5,7-8,12-13,19,21-24,32H,3-4,6,9-11,14-18H2,1-2H3,(H,29,34)(H,30,33)/t19?,21-,22+,23-,24?,28?/m0/s1. The van der Waals surface area contributed by atoms with Crippen molar-refractivity contribution in [3.8, 4) is 0 Å². The van der Waals surface area contributed by atoms with Crippen LogP contribution in [0.1, 0.15) is 64.4 Å². The number of fused-ring (bicyclic) bond motifs is 1. The molecule has 4 rings (SSSR count). The fourth-order valence-corrected chi connectivity index (χ4v) is 8.94. The highest BCUT2D eigenvalue weighted by Gasteiger charge is 2.75. The molecule has 6 atom stereocenters. The van der Waals surface area contributed by atoms with Crippen molar-refractivity contribution >= 4 is 29.5 Å². The number of carbonyl (C=O) groups is 3. The van der Waals surface area contributed by atoms with Gasteiger partial charge in [-0.1, -0.05) is 57.0 Å². The Hall–Kier alpha value is -2.06. The third-order valence-corrected chi connectivity index (χ3v) is 10.3. The summed E-state index contributed by atoms with van der Waals surface area (Å²) < 4.78 is -0.567. The Morgan fingerprint density at radius 2 is 1.86 bits per heavy atom. The summed E-state index contributed by atoms with van der Waals surface area (Å²) in [5.74, 6) is -0.916. The van der Waals surface area contributed by atoms with E-state index < -0.39 is 22.6 Å². The molecule has 3 amide bonds. The number of benzene rings is 1. The smallest absolute Gasteiger partial charge is 0.244 e. The average Bonchev–Trinajstić information content (AvgIpc) is 3.47. The van der Waals surface area contributed by atoms with Gasteiger partial charge < -0.3 is 20.6 Å². The van der Waals surface area contributed by atoms with Gasteiger partial charge in [0.2, 0.25) is 17.7 Å². The molecule has 198 valence electrons. The van der Waals surface area contributed by atoms with Gasteiger partial charge in [-0.2, -0.15) is 0 Å². The summed E-state index contributed by atoms with van der Waals surface area (Å²) in [6, 6.07) is 9.25. The predicted octanol–water partition coefficient (Wildman–Crippen LogP) is 3.11. The lowest BCUT2D eigenvalue weighted by atomic mass is 9.66. The summed E-state index contributed by atoms with van der Waals surface area (Å²) in [4.78, 5) is 42.9. The zero-order valence-corrected chi connectivity index (χ0v) is 22.4. The topological polar surface area (TPSA) is 98.7 Å². The van der Waals surface area contributed by atoms with Crippen LogP contribution in [-0.2, 0) is 20.9 Å². The second-order valence-electron chi connectivity index (χ2n) is 10.6. The third kappa shape index (κ3) is 5.03. The van der Waals surface area contributed by atoms with Crippen LogP contribution in [0.5, 0.6) is 0 Å². The molecular weight excluding hydrogens is 474 g/mol. The van der Waals surface area contributed by atoms with Crippen LogP contribution in [-0.4, -0.2) is 63.5 Å². The molecule has 3 aliphatic rings. The molecule has 0 aliphatic carbocycles. The fraction of sp³-hybridized carbons (Fsp3) is 0.679. The molecule has 3 unspecified atom stereocenters. The zero-order valence-electron chi connectivity index (χ0n) is 21.6. The van der Waals surface area contributed by atoms with Crippen LogP contribution >= 0.6 is 11.8 Å². The normalized spacial score (nSPS) is 30.5. The molecule has 1 aromatic rings. The molecule has 3 saturated heterocycles.